The third-order valence-electron chi connectivity index (χ3n) is 3.74. The summed E-state index contributed by atoms with van der Waals surface area (Å²) in [7, 11) is 2.06. The Balaban J connectivity index is 1.91. The molecule has 19 heavy (non-hydrogen) atoms. The topological polar surface area (TPSA) is 32.3 Å². The van der Waals surface area contributed by atoms with Crippen molar-refractivity contribution in [1.82, 2.24) is 10.2 Å². The van der Waals surface area contributed by atoms with Crippen molar-refractivity contribution >= 4 is 17.5 Å². The molecule has 0 spiro atoms. The molecule has 1 aliphatic rings. The number of carbonyl (C=O) groups excluding carboxylic acids is 1. The molecule has 0 radical (unpaired) electrons. The van der Waals surface area contributed by atoms with Crippen LogP contribution in [0.3, 0.4) is 0 Å². The van der Waals surface area contributed by atoms with E-state index in [0.717, 1.165) is 31.5 Å². The van der Waals surface area contributed by atoms with E-state index in [-0.39, 0.29) is 5.78 Å². The summed E-state index contributed by atoms with van der Waals surface area (Å²) in [5.74, 6) is 0.216. The fraction of sp³-hybridized carbons (Fsp3) is 0.533. The van der Waals surface area contributed by atoms with Crippen LogP contribution >= 0.6 is 11.8 Å². The van der Waals surface area contributed by atoms with E-state index in [1.54, 1.807) is 11.8 Å². The average Bonchev–Trinajstić information content (AvgIpc) is 2.48. The van der Waals surface area contributed by atoms with Crippen LogP contribution in [0, 0.1) is 0 Å². The van der Waals surface area contributed by atoms with Crippen LogP contribution in [0.1, 0.15) is 23.2 Å². The number of hydrogen-bond acceptors (Lipinski definition) is 4. The van der Waals surface area contributed by atoms with E-state index in [1.165, 1.54) is 4.90 Å². The van der Waals surface area contributed by atoms with Crippen LogP contribution in [0.5, 0.6) is 0 Å². The minimum atomic E-state index is 0.216. The van der Waals surface area contributed by atoms with Gasteiger partial charge in [-0.15, -0.1) is 11.8 Å². The summed E-state index contributed by atoms with van der Waals surface area (Å²) in [6.45, 7) is 2.64. The third kappa shape index (κ3) is 4.06. The van der Waals surface area contributed by atoms with Gasteiger partial charge in [0.25, 0.3) is 0 Å². The smallest absolute Gasteiger partial charge is 0.176 e. The zero-order valence-corrected chi connectivity index (χ0v) is 12.5. The van der Waals surface area contributed by atoms with Gasteiger partial charge < -0.3 is 5.32 Å². The number of thioether (sulfide) groups is 1. The second kappa shape index (κ2) is 7.08. The van der Waals surface area contributed by atoms with Gasteiger partial charge in [0.15, 0.2) is 5.78 Å². The number of nitrogens with one attached hydrogen (secondary N) is 1. The van der Waals surface area contributed by atoms with Gasteiger partial charge in [-0.1, -0.05) is 12.1 Å². The minimum absolute atomic E-state index is 0.216. The highest BCUT2D eigenvalue weighted by molar-refractivity contribution is 7.98. The zero-order chi connectivity index (χ0) is 13.7. The number of nitrogens with zero attached hydrogens (tertiary/aromatic N) is 1. The van der Waals surface area contributed by atoms with Gasteiger partial charge in [0.1, 0.15) is 0 Å². The van der Waals surface area contributed by atoms with Crippen LogP contribution in [0.15, 0.2) is 29.2 Å². The number of Topliss-reactive ketones (excluding diaryl/α,β-unsaturated/α-hetero) is 1. The molecule has 1 aliphatic heterocycles. The highest BCUT2D eigenvalue weighted by Crippen LogP contribution is 2.16. The Bertz CT molecular complexity index is 413. The van der Waals surface area contributed by atoms with Gasteiger partial charge >= 0.3 is 0 Å². The SMILES string of the molecule is CSc1ccc(C(=O)CN(C)C2CCNCC2)cc1. The van der Waals surface area contributed by atoms with Crippen molar-refractivity contribution in [3.63, 3.8) is 0 Å². The minimum Gasteiger partial charge on any atom is -0.317 e. The molecule has 0 aliphatic carbocycles. The number of carbonyl (C=O) groups is 1. The molecule has 1 aromatic carbocycles. The zero-order valence-electron chi connectivity index (χ0n) is 11.7. The van der Waals surface area contributed by atoms with Crippen LogP contribution in [0.25, 0.3) is 0 Å². The van der Waals surface area contributed by atoms with Gasteiger partial charge in [-0.3, -0.25) is 9.69 Å². The first kappa shape index (κ1) is 14.6. The van der Waals surface area contributed by atoms with Gasteiger partial charge in [0.2, 0.25) is 0 Å². The standard InChI is InChI=1S/C15H22N2OS/c1-17(13-7-9-16-10-8-13)11-15(18)12-3-5-14(19-2)6-4-12/h3-6,13,16H,7-11H2,1-2H3. The lowest BCUT2D eigenvalue weighted by Crippen LogP contribution is -2.43. The predicted molar refractivity (Wildman–Crippen MR) is 81.1 cm³/mol. The molecule has 0 aromatic heterocycles. The molecule has 0 unspecified atom stereocenters. The van der Waals surface area contributed by atoms with Crippen molar-refractivity contribution in [2.75, 3.05) is 32.9 Å². The summed E-state index contributed by atoms with van der Waals surface area (Å²) >= 11 is 1.70. The molecular weight excluding hydrogens is 256 g/mol. The van der Waals surface area contributed by atoms with Crippen LogP contribution in [-0.2, 0) is 0 Å². The Morgan fingerprint density at radius 3 is 2.53 bits per heavy atom. The molecule has 1 aromatic rings. The second-order valence-electron chi connectivity index (χ2n) is 5.05. The molecule has 2 rings (SSSR count). The Labute approximate surface area is 119 Å². The summed E-state index contributed by atoms with van der Waals surface area (Å²) in [4.78, 5) is 15.6. The number of likely N-dealkylation sites (N-methyl/N-ethyl adjacent to an activating group) is 1. The third-order valence-corrected chi connectivity index (χ3v) is 4.48. The van der Waals surface area contributed by atoms with Crippen LogP contribution in [0.2, 0.25) is 0 Å². The van der Waals surface area contributed by atoms with E-state index >= 15 is 0 Å². The maximum absolute atomic E-state index is 12.2. The molecule has 104 valence electrons. The van der Waals surface area contributed by atoms with E-state index in [2.05, 4.69) is 17.3 Å². The Kier molecular flexibility index (Phi) is 5.43. The van der Waals surface area contributed by atoms with Crippen molar-refractivity contribution in [3.05, 3.63) is 29.8 Å². The average molecular weight is 278 g/mol. The van der Waals surface area contributed by atoms with Gasteiger partial charge in [-0.05, 0) is 51.4 Å². The summed E-state index contributed by atoms with van der Waals surface area (Å²) in [6.07, 6.45) is 4.31. The lowest BCUT2D eigenvalue weighted by atomic mass is 10.0. The second-order valence-corrected chi connectivity index (χ2v) is 5.93. The summed E-state index contributed by atoms with van der Waals surface area (Å²) in [5, 5.41) is 3.35. The quantitative estimate of drug-likeness (QED) is 0.661. The first-order valence-corrected chi connectivity index (χ1v) is 8.01. The highest BCUT2D eigenvalue weighted by Gasteiger charge is 2.20. The van der Waals surface area contributed by atoms with E-state index < -0.39 is 0 Å². The molecule has 0 saturated carbocycles. The Morgan fingerprint density at radius 2 is 1.95 bits per heavy atom. The van der Waals surface area contributed by atoms with E-state index in [1.807, 2.05) is 30.5 Å². The summed E-state index contributed by atoms with van der Waals surface area (Å²) in [6, 6.07) is 8.44. The van der Waals surface area contributed by atoms with E-state index in [4.69, 9.17) is 0 Å². The van der Waals surface area contributed by atoms with E-state index in [9.17, 15) is 4.79 Å². The molecule has 0 atom stereocenters. The van der Waals surface area contributed by atoms with Gasteiger partial charge in [-0.25, -0.2) is 0 Å². The molecule has 0 amide bonds. The Morgan fingerprint density at radius 1 is 1.32 bits per heavy atom. The van der Waals surface area contributed by atoms with Crippen molar-refractivity contribution < 1.29 is 4.79 Å². The lowest BCUT2D eigenvalue weighted by molar-refractivity contribution is 0.0903. The molecule has 1 fully saturated rings. The van der Waals surface area contributed by atoms with Gasteiger partial charge in [0.05, 0.1) is 6.54 Å². The number of benzene rings is 1. The fourth-order valence-corrected chi connectivity index (χ4v) is 2.88. The van der Waals surface area contributed by atoms with Gasteiger partial charge in [0, 0.05) is 16.5 Å². The van der Waals surface area contributed by atoms with E-state index in [0.29, 0.717) is 12.6 Å². The van der Waals surface area contributed by atoms with Crippen LogP contribution in [0.4, 0.5) is 0 Å². The molecule has 1 heterocycles. The number of hydrogen-bond donors (Lipinski definition) is 1. The molecule has 4 heteroatoms. The summed E-state index contributed by atoms with van der Waals surface area (Å²) in [5.41, 5.74) is 0.818. The van der Waals surface area contributed by atoms with Crippen molar-refractivity contribution in [1.29, 1.82) is 0 Å². The Hall–Kier alpha value is -0.840. The molecular formula is C15H22N2OS. The van der Waals surface area contributed by atoms with Crippen LogP contribution < -0.4 is 5.32 Å². The maximum atomic E-state index is 12.2. The molecule has 1 saturated heterocycles. The molecule has 1 N–H and O–H groups in total. The molecule has 3 nitrogen and oxygen atoms in total. The fourth-order valence-electron chi connectivity index (χ4n) is 2.47. The number of ketones is 1. The number of piperidine rings is 1. The van der Waals surface area contributed by atoms with Crippen molar-refractivity contribution in [2.24, 2.45) is 0 Å². The monoisotopic (exact) mass is 278 g/mol. The first-order valence-electron chi connectivity index (χ1n) is 6.79. The van der Waals surface area contributed by atoms with Crippen LogP contribution in [-0.4, -0.2) is 49.7 Å². The maximum Gasteiger partial charge on any atom is 0.176 e. The molecule has 0 bridgehead atoms. The van der Waals surface area contributed by atoms with Crippen molar-refractivity contribution in [2.45, 2.75) is 23.8 Å². The van der Waals surface area contributed by atoms with Gasteiger partial charge in [-0.2, -0.15) is 0 Å². The highest BCUT2D eigenvalue weighted by atomic mass is 32.2. The predicted octanol–water partition coefficient (Wildman–Crippen LogP) is 2.28. The van der Waals surface area contributed by atoms with Crippen molar-refractivity contribution in [3.8, 4) is 0 Å². The number of rotatable bonds is 5. The largest absolute Gasteiger partial charge is 0.317 e. The lowest BCUT2D eigenvalue weighted by Gasteiger charge is -2.31. The summed E-state index contributed by atoms with van der Waals surface area (Å²) < 4.78 is 0. The first-order chi connectivity index (χ1) is 9.20. The normalized spacial score (nSPS) is 16.8.